The van der Waals surface area contributed by atoms with E-state index in [1.165, 1.54) is 0 Å². The van der Waals surface area contributed by atoms with Gasteiger partial charge in [-0.25, -0.2) is 0 Å². The van der Waals surface area contributed by atoms with Gasteiger partial charge in [0.15, 0.2) is 0 Å². The van der Waals surface area contributed by atoms with Crippen LogP contribution < -0.4 is 5.73 Å². The molecule has 0 saturated heterocycles. The molecule has 1 atom stereocenters. The second-order valence-corrected chi connectivity index (χ2v) is 3.52. The minimum atomic E-state index is -1.05. The fraction of sp³-hybridized carbons (Fsp3) is 0.455. The minimum Gasteiger partial charge on any atom is -0.376 e. The lowest BCUT2D eigenvalue weighted by atomic mass is 9.99. The van der Waals surface area contributed by atoms with Crippen LogP contribution in [0, 0.1) is 0 Å². The molecule has 0 amide bonds. The van der Waals surface area contributed by atoms with E-state index in [4.69, 9.17) is 5.73 Å². The van der Waals surface area contributed by atoms with E-state index >= 15 is 0 Å². The summed E-state index contributed by atoms with van der Waals surface area (Å²) in [6.07, 6.45) is 2.07. The fourth-order valence-corrected chi connectivity index (χ4v) is 1.47. The van der Waals surface area contributed by atoms with Gasteiger partial charge in [-0.05, 0) is 12.0 Å². The summed E-state index contributed by atoms with van der Waals surface area (Å²) in [7, 11) is 0. The highest BCUT2D eigenvalue weighted by Crippen LogP contribution is 2.13. The summed E-state index contributed by atoms with van der Waals surface area (Å²) in [5.74, 6) is 0. The highest BCUT2D eigenvalue weighted by molar-refractivity contribution is 5.16. The molecule has 0 fully saturated rings. The maximum absolute atomic E-state index is 9.75. The van der Waals surface area contributed by atoms with Crippen LogP contribution >= 0.6 is 0 Å². The van der Waals surface area contributed by atoms with E-state index in [0.717, 1.165) is 12.0 Å². The molecule has 0 saturated carbocycles. The average Bonchev–Trinajstić information content (AvgIpc) is 2.04. The van der Waals surface area contributed by atoms with Crippen LogP contribution in [0.1, 0.15) is 25.3 Å². The largest absolute Gasteiger partial charge is 0.376 e. The van der Waals surface area contributed by atoms with Gasteiger partial charge in [0.25, 0.3) is 0 Å². The average molecular weight is 179 g/mol. The third-order valence-corrected chi connectivity index (χ3v) is 2.04. The van der Waals surface area contributed by atoms with Crippen molar-refractivity contribution in [3.63, 3.8) is 0 Å². The van der Waals surface area contributed by atoms with Crippen molar-refractivity contribution in [3.8, 4) is 0 Å². The van der Waals surface area contributed by atoms with Crippen LogP contribution in [-0.4, -0.2) is 10.8 Å². The van der Waals surface area contributed by atoms with Crippen LogP contribution in [0.15, 0.2) is 30.3 Å². The first-order valence-electron chi connectivity index (χ1n) is 4.69. The van der Waals surface area contributed by atoms with Crippen LogP contribution in [-0.2, 0) is 6.42 Å². The van der Waals surface area contributed by atoms with Crippen LogP contribution in [0.2, 0.25) is 0 Å². The molecule has 0 radical (unpaired) electrons. The van der Waals surface area contributed by atoms with Gasteiger partial charge >= 0.3 is 0 Å². The Labute approximate surface area is 79.4 Å². The fourth-order valence-electron chi connectivity index (χ4n) is 1.47. The number of hydrogen-bond donors (Lipinski definition) is 2. The second kappa shape index (κ2) is 4.40. The summed E-state index contributed by atoms with van der Waals surface area (Å²) in [6.45, 7) is 2.02. The lowest BCUT2D eigenvalue weighted by Crippen LogP contribution is -2.41. The Hall–Kier alpha value is -0.860. The molecule has 0 aromatic heterocycles. The van der Waals surface area contributed by atoms with Gasteiger partial charge in [0.2, 0.25) is 0 Å². The van der Waals surface area contributed by atoms with E-state index < -0.39 is 5.72 Å². The Morgan fingerprint density at radius 1 is 1.31 bits per heavy atom. The molecule has 2 nitrogen and oxygen atoms in total. The van der Waals surface area contributed by atoms with Crippen molar-refractivity contribution in [2.75, 3.05) is 0 Å². The number of hydrogen-bond acceptors (Lipinski definition) is 2. The van der Waals surface area contributed by atoms with Gasteiger partial charge in [0.05, 0.1) is 0 Å². The first-order valence-corrected chi connectivity index (χ1v) is 4.69. The monoisotopic (exact) mass is 179 g/mol. The van der Waals surface area contributed by atoms with Crippen LogP contribution in [0.5, 0.6) is 0 Å². The summed E-state index contributed by atoms with van der Waals surface area (Å²) >= 11 is 0. The molecule has 1 rings (SSSR count). The SMILES string of the molecule is CCCC(N)(O)Cc1ccccc1. The summed E-state index contributed by atoms with van der Waals surface area (Å²) in [5.41, 5.74) is 5.75. The highest BCUT2D eigenvalue weighted by atomic mass is 16.3. The standard InChI is InChI=1S/C11H17NO/c1-2-8-11(12,13)9-10-6-4-3-5-7-10/h3-7,13H,2,8-9,12H2,1H3. The zero-order chi connectivity index (χ0) is 9.73. The topological polar surface area (TPSA) is 46.2 Å². The molecule has 3 N–H and O–H groups in total. The molecule has 1 unspecified atom stereocenters. The first-order chi connectivity index (χ1) is 6.14. The zero-order valence-corrected chi connectivity index (χ0v) is 8.03. The molecule has 2 heteroatoms. The number of nitrogens with two attached hydrogens (primary N) is 1. The predicted molar refractivity (Wildman–Crippen MR) is 54.2 cm³/mol. The summed E-state index contributed by atoms with van der Waals surface area (Å²) in [6, 6.07) is 9.83. The molecule has 13 heavy (non-hydrogen) atoms. The van der Waals surface area contributed by atoms with Crippen LogP contribution in [0.25, 0.3) is 0 Å². The van der Waals surface area contributed by atoms with Gasteiger partial charge < -0.3 is 10.8 Å². The Kier molecular flexibility index (Phi) is 3.46. The number of rotatable bonds is 4. The van der Waals surface area contributed by atoms with Gasteiger partial charge in [-0.1, -0.05) is 43.7 Å². The molecular formula is C11H17NO. The molecule has 0 spiro atoms. The molecule has 0 heterocycles. The van der Waals surface area contributed by atoms with Gasteiger partial charge in [-0.2, -0.15) is 0 Å². The van der Waals surface area contributed by atoms with Crippen molar-refractivity contribution >= 4 is 0 Å². The third kappa shape index (κ3) is 3.57. The molecule has 1 aromatic rings. The molecule has 0 aliphatic rings. The van der Waals surface area contributed by atoms with Crippen molar-refractivity contribution < 1.29 is 5.11 Å². The van der Waals surface area contributed by atoms with Crippen molar-refractivity contribution in [2.24, 2.45) is 5.73 Å². The quantitative estimate of drug-likeness (QED) is 0.691. The summed E-state index contributed by atoms with van der Waals surface area (Å²) in [4.78, 5) is 0. The second-order valence-electron chi connectivity index (χ2n) is 3.52. The van der Waals surface area contributed by atoms with Crippen molar-refractivity contribution in [1.29, 1.82) is 0 Å². The zero-order valence-electron chi connectivity index (χ0n) is 8.03. The smallest absolute Gasteiger partial charge is 0.117 e. The highest BCUT2D eigenvalue weighted by Gasteiger charge is 2.19. The Morgan fingerprint density at radius 3 is 2.46 bits per heavy atom. The summed E-state index contributed by atoms with van der Waals surface area (Å²) in [5, 5.41) is 9.75. The Morgan fingerprint density at radius 2 is 1.92 bits per heavy atom. The molecule has 0 aliphatic heterocycles. The van der Waals surface area contributed by atoms with Gasteiger partial charge in [0, 0.05) is 6.42 Å². The van der Waals surface area contributed by atoms with E-state index in [9.17, 15) is 5.11 Å². The maximum atomic E-state index is 9.75. The predicted octanol–water partition coefficient (Wildman–Crippen LogP) is 1.68. The lowest BCUT2D eigenvalue weighted by molar-refractivity contribution is 0.0376. The molecule has 72 valence electrons. The van der Waals surface area contributed by atoms with E-state index in [0.29, 0.717) is 12.8 Å². The number of aliphatic hydroxyl groups is 1. The van der Waals surface area contributed by atoms with Crippen molar-refractivity contribution in [3.05, 3.63) is 35.9 Å². The van der Waals surface area contributed by atoms with Gasteiger partial charge in [-0.15, -0.1) is 0 Å². The van der Waals surface area contributed by atoms with Crippen LogP contribution in [0.3, 0.4) is 0 Å². The van der Waals surface area contributed by atoms with Gasteiger partial charge in [-0.3, -0.25) is 0 Å². The lowest BCUT2D eigenvalue weighted by Gasteiger charge is -2.22. The molecule has 0 bridgehead atoms. The third-order valence-electron chi connectivity index (χ3n) is 2.04. The number of benzene rings is 1. The Bertz CT molecular complexity index is 244. The Balaban J connectivity index is 2.58. The normalized spacial score (nSPS) is 15.3. The minimum absolute atomic E-state index is 0.529. The van der Waals surface area contributed by atoms with Crippen LogP contribution in [0.4, 0.5) is 0 Å². The van der Waals surface area contributed by atoms with Crippen molar-refractivity contribution in [2.45, 2.75) is 31.9 Å². The molecule has 0 aliphatic carbocycles. The van der Waals surface area contributed by atoms with E-state index in [2.05, 4.69) is 0 Å². The van der Waals surface area contributed by atoms with Crippen molar-refractivity contribution in [1.82, 2.24) is 0 Å². The summed E-state index contributed by atoms with van der Waals surface area (Å²) < 4.78 is 0. The molecular weight excluding hydrogens is 162 g/mol. The van der Waals surface area contributed by atoms with Gasteiger partial charge in [0.1, 0.15) is 5.72 Å². The van der Waals surface area contributed by atoms with E-state index in [-0.39, 0.29) is 0 Å². The maximum Gasteiger partial charge on any atom is 0.117 e. The molecule has 1 aromatic carbocycles. The van der Waals surface area contributed by atoms with E-state index in [1.807, 2.05) is 37.3 Å². The van der Waals surface area contributed by atoms with E-state index in [1.54, 1.807) is 0 Å². The first kappa shape index (κ1) is 10.2.